The summed E-state index contributed by atoms with van der Waals surface area (Å²) in [6.45, 7) is 5.67. The van der Waals surface area contributed by atoms with E-state index in [0.29, 0.717) is 25.7 Å². The van der Waals surface area contributed by atoms with E-state index >= 15 is 0 Å². The molecule has 4 N–H and O–H groups in total. The predicted molar refractivity (Wildman–Crippen MR) is 199 cm³/mol. The number of phosphoric ester groups is 1. The molecule has 11 nitrogen and oxygen atoms in total. The van der Waals surface area contributed by atoms with Gasteiger partial charge in [-0.1, -0.05) is 136 Å². The summed E-state index contributed by atoms with van der Waals surface area (Å²) in [5, 5.41) is 20.6. The van der Waals surface area contributed by atoms with Gasteiger partial charge in [0.1, 0.15) is 12.4 Å². The van der Waals surface area contributed by atoms with Crippen molar-refractivity contribution in [3.8, 4) is 0 Å². The van der Waals surface area contributed by atoms with Crippen LogP contribution in [0.4, 0.5) is 0 Å². The van der Waals surface area contributed by atoms with Gasteiger partial charge in [-0.05, 0) is 31.6 Å². The zero-order chi connectivity index (χ0) is 37.9. The maximum atomic E-state index is 12.5. The van der Waals surface area contributed by atoms with Crippen molar-refractivity contribution in [3.63, 3.8) is 0 Å². The number of carbonyl (C=O) groups is 3. The van der Waals surface area contributed by atoms with Crippen molar-refractivity contribution in [1.82, 2.24) is 0 Å². The first-order valence-electron chi connectivity index (χ1n) is 19.9. The summed E-state index contributed by atoms with van der Waals surface area (Å²) in [5.41, 5.74) is 0. The van der Waals surface area contributed by atoms with E-state index in [1.807, 2.05) is 6.08 Å². The molecule has 1 aliphatic rings. The van der Waals surface area contributed by atoms with Crippen LogP contribution in [0.3, 0.4) is 0 Å². The molecule has 0 aromatic heterocycles. The van der Waals surface area contributed by atoms with E-state index in [2.05, 4.69) is 25.3 Å². The number of Topliss-reactive ketones (excluding diaryl/α,β-unsaturated/α-hetero) is 1. The number of ether oxygens (including phenoxy) is 2. The van der Waals surface area contributed by atoms with E-state index in [4.69, 9.17) is 19.3 Å². The Bertz CT molecular complexity index is 1010. The zero-order valence-corrected chi connectivity index (χ0v) is 32.8. The Morgan fingerprint density at radius 1 is 0.804 bits per heavy atom. The fraction of sp³-hybridized carbons (Fsp3) is 0.872. The van der Waals surface area contributed by atoms with Crippen LogP contribution < -0.4 is 0 Å². The first-order valence-corrected chi connectivity index (χ1v) is 21.5. The van der Waals surface area contributed by atoms with Crippen molar-refractivity contribution in [2.75, 3.05) is 13.2 Å². The lowest BCUT2D eigenvalue weighted by atomic mass is 9.88. The van der Waals surface area contributed by atoms with Crippen molar-refractivity contribution >= 4 is 25.5 Å². The Kier molecular flexibility index (Phi) is 26.8. The summed E-state index contributed by atoms with van der Waals surface area (Å²) in [7, 11) is -4.81. The lowest BCUT2D eigenvalue weighted by Gasteiger charge is -2.18. The molecule has 0 aromatic rings. The molecule has 1 rings (SSSR count). The number of hydrogen-bond donors (Lipinski definition) is 4. The van der Waals surface area contributed by atoms with Crippen LogP contribution >= 0.6 is 7.82 Å². The highest BCUT2D eigenvalue weighted by molar-refractivity contribution is 7.46. The Morgan fingerprint density at radius 2 is 1.35 bits per heavy atom. The highest BCUT2D eigenvalue weighted by atomic mass is 31.2. The molecular formula is C39H71O11P. The molecule has 1 fully saturated rings. The first kappa shape index (κ1) is 47.4. The van der Waals surface area contributed by atoms with Gasteiger partial charge in [0.15, 0.2) is 6.10 Å². The third-order valence-electron chi connectivity index (χ3n) is 9.61. The van der Waals surface area contributed by atoms with E-state index in [-0.39, 0.29) is 43.5 Å². The summed E-state index contributed by atoms with van der Waals surface area (Å²) in [6.07, 6.45) is 21.3. The van der Waals surface area contributed by atoms with Crippen LogP contribution in [0.15, 0.2) is 12.2 Å². The fourth-order valence-corrected chi connectivity index (χ4v) is 6.93. The Morgan fingerprint density at radius 3 is 1.94 bits per heavy atom. The lowest BCUT2D eigenvalue weighted by Crippen LogP contribution is -2.29. The number of phosphoric acid groups is 1. The van der Waals surface area contributed by atoms with Crippen molar-refractivity contribution in [1.29, 1.82) is 0 Å². The van der Waals surface area contributed by atoms with Crippen LogP contribution in [0.25, 0.3) is 0 Å². The number of aliphatic hydroxyl groups is 2. The molecular weight excluding hydrogens is 675 g/mol. The van der Waals surface area contributed by atoms with Gasteiger partial charge in [0.25, 0.3) is 0 Å². The topological polar surface area (TPSA) is 177 Å². The molecule has 1 saturated carbocycles. The van der Waals surface area contributed by atoms with Crippen LogP contribution in [0.2, 0.25) is 0 Å². The van der Waals surface area contributed by atoms with Gasteiger partial charge in [0, 0.05) is 31.1 Å². The number of ketones is 1. The molecule has 0 aromatic carbocycles. The van der Waals surface area contributed by atoms with Gasteiger partial charge in [-0.2, -0.15) is 0 Å². The second-order valence-electron chi connectivity index (χ2n) is 14.9. The average molecular weight is 747 g/mol. The summed E-state index contributed by atoms with van der Waals surface area (Å²) >= 11 is 0. The molecule has 5 atom stereocenters. The minimum atomic E-state index is -4.81. The Labute approximate surface area is 307 Å². The van der Waals surface area contributed by atoms with Gasteiger partial charge in [0.2, 0.25) is 0 Å². The summed E-state index contributed by atoms with van der Waals surface area (Å²) in [4.78, 5) is 55.5. The van der Waals surface area contributed by atoms with Crippen LogP contribution in [0.1, 0.15) is 168 Å². The molecule has 0 radical (unpaired) electrons. The van der Waals surface area contributed by atoms with Crippen LogP contribution in [-0.2, 0) is 32.9 Å². The van der Waals surface area contributed by atoms with Crippen LogP contribution in [0.5, 0.6) is 0 Å². The van der Waals surface area contributed by atoms with E-state index in [1.165, 1.54) is 44.9 Å². The number of hydrogen-bond acceptors (Lipinski definition) is 9. The summed E-state index contributed by atoms with van der Waals surface area (Å²) in [5.74, 6) is -0.785. The van der Waals surface area contributed by atoms with Gasteiger partial charge in [0.05, 0.1) is 18.8 Å². The van der Waals surface area contributed by atoms with Crippen molar-refractivity contribution in [3.05, 3.63) is 12.2 Å². The highest BCUT2D eigenvalue weighted by Crippen LogP contribution is 2.36. The van der Waals surface area contributed by atoms with Gasteiger partial charge in [-0.15, -0.1) is 0 Å². The normalized spacial score (nSPS) is 19.2. The monoisotopic (exact) mass is 746 g/mol. The SMILES string of the molecule is CCCCC[C@H](O)/C=C/[C@H]1[C@H](O)CC(=O)[C@@H]1CCCCCCC(=O)OC[C@H](COP(=O)(O)O)OC(=O)CCCCCCCCCCCCC(C)C. The largest absolute Gasteiger partial charge is 0.469 e. The lowest BCUT2D eigenvalue weighted by molar-refractivity contribution is -0.161. The molecule has 0 unspecified atom stereocenters. The van der Waals surface area contributed by atoms with Crippen molar-refractivity contribution < 1.29 is 52.9 Å². The maximum absolute atomic E-state index is 12.5. The number of unbranched alkanes of at least 4 members (excludes halogenated alkanes) is 14. The molecule has 0 heterocycles. The third kappa shape index (κ3) is 25.9. The number of carbonyl (C=O) groups excluding carboxylic acids is 3. The average Bonchev–Trinajstić information content (AvgIpc) is 3.33. The first-order chi connectivity index (χ1) is 24.3. The van der Waals surface area contributed by atoms with E-state index < -0.39 is 44.7 Å². The number of rotatable bonds is 32. The van der Waals surface area contributed by atoms with Crippen LogP contribution in [0, 0.1) is 17.8 Å². The fourth-order valence-electron chi connectivity index (χ4n) is 6.57. The second kappa shape index (κ2) is 28.8. The minimum Gasteiger partial charge on any atom is -0.462 e. The zero-order valence-electron chi connectivity index (χ0n) is 31.9. The van der Waals surface area contributed by atoms with Gasteiger partial charge in [-0.3, -0.25) is 18.9 Å². The highest BCUT2D eigenvalue weighted by Gasteiger charge is 2.39. The van der Waals surface area contributed by atoms with E-state index in [1.54, 1.807) is 6.08 Å². The second-order valence-corrected chi connectivity index (χ2v) is 16.1. The van der Waals surface area contributed by atoms with Crippen LogP contribution in [-0.4, -0.2) is 69.2 Å². The molecule has 0 amide bonds. The molecule has 0 spiro atoms. The van der Waals surface area contributed by atoms with Gasteiger partial charge >= 0.3 is 19.8 Å². The molecule has 298 valence electrons. The minimum absolute atomic E-state index is 0.0445. The predicted octanol–water partition coefficient (Wildman–Crippen LogP) is 8.29. The summed E-state index contributed by atoms with van der Waals surface area (Å²) in [6, 6.07) is 0. The maximum Gasteiger partial charge on any atom is 0.469 e. The van der Waals surface area contributed by atoms with E-state index in [0.717, 1.165) is 63.7 Å². The molecule has 12 heteroatoms. The smallest absolute Gasteiger partial charge is 0.462 e. The molecule has 0 saturated heterocycles. The molecule has 0 bridgehead atoms. The Hall–Kier alpha value is -1.62. The standard InChI is InChI=1S/C39H71O11P/c1-4-5-16-22-32(40)26-27-35-34(36(41)28-37(35)42)23-18-14-15-19-24-38(43)48-29-33(30-49-51(45,46)47)50-39(44)25-20-13-11-9-7-6-8-10-12-17-21-31(2)3/h26-27,31-35,37,40,42H,4-25,28-30H2,1-3H3,(H2,45,46,47)/b27-26+/t32-,33+,34+,35+,37+/m0/s1. The number of aliphatic hydroxyl groups excluding tert-OH is 2. The third-order valence-corrected chi connectivity index (χ3v) is 10.1. The Balaban J connectivity index is 2.29. The van der Waals surface area contributed by atoms with E-state index in [9.17, 15) is 29.2 Å². The molecule has 0 aliphatic heterocycles. The molecule has 51 heavy (non-hydrogen) atoms. The van der Waals surface area contributed by atoms with Gasteiger partial charge < -0.3 is 29.5 Å². The van der Waals surface area contributed by atoms with Crippen molar-refractivity contribution in [2.45, 2.75) is 187 Å². The van der Waals surface area contributed by atoms with Gasteiger partial charge in [-0.25, -0.2) is 4.57 Å². The molecule has 1 aliphatic carbocycles. The van der Waals surface area contributed by atoms with Crippen molar-refractivity contribution in [2.24, 2.45) is 17.8 Å². The summed E-state index contributed by atoms with van der Waals surface area (Å²) < 4.78 is 26.3. The quantitative estimate of drug-likeness (QED) is 0.0225. The number of esters is 2.